The molecule has 1 saturated carbocycles. The van der Waals surface area contributed by atoms with Gasteiger partial charge in [-0.2, -0.15) is 0 Å². The van der Waals surface area contributed by atoms with Gasteiger partial charge in [0.2, 0.25) is 0 Å². The highest BCUT2D eigenvalue weighted by molar-refractivity contribution is 9.09. The van der Waals surface area contributed by atoms with Crippen LogP contribution in [0.5, 0.6) is 0 Å². The molecular formula is C10H13BrO. The molecule has 2 heteroatoms. The van der Waals surface area contributed by atoms with Crippen LogP contribution in [0.3, 0.4) is 0 Å². The quantitative estimate of drug-likeness (QED) is 0.670. The van der Waals surface area contributed by atoms with Crippen LogP contribution in [0.1, 0.15) is 36.3 Å². The maximum atomic E-state index is 5.18. The SMILES string of the molecule is Cc1cocc1C1CCC(Br)C1. The van der Waals surface area contributed by atoms with E-state index in [1.54, 1.807) is 0 Å². The molecule has 1 aromatic rings. The van der Waals surface area contributed by atoms with Crippen LogP contribution < -0.4 is 0 Å². The second-order valence-electron chi connectivity index (χ2n) is 3.62. The first kappa shape index (κ1) is 8.36. The lowest BCUT2D eigenvalue weighted by molar-refractivity contribution is 0.557. The molecule has 1 nitrogen and oxygen atoms in total. The Morgan fingerprint density at radius 2 is 2.25 bits per heavy atom. The predicted octanol–water partition coefficient (Wildman–Crippen LogP) is 3.62. The number of aryl methyl sites for hydroxylation is 1. The molecule has 1 aliphatic carbocycles. The molecule has 0 aromatic carbocycles. The van der Waals surface area contributed by atoms with Gasteiger partial charge in [0, 0.05) is 4.83 Å². The van der Waals surface area contributed by atoms with Crippen LogP contribution in [-0.4, -0.2) is 4.83 Å². The molecule has 12 heavy (non-hydrogen) atoms. The zero-order valence-corrected chi connectivity index (χ0v) is 8.80. The summed E-state index contributed by atoms with van der Waals surface area (Å²) < 4.78 is 5.18. The zero-order valence-electron chi connectivity index (χ0n) is 7.22. The molecule has 1 aromatic heterocycles. The number of hydrogen-bond acceptors (Lipinski definition) is 1. The van der Waals surface area contributed by atoms with Gasteiger partial charge in [-0.25, -0.2) is 0 Å². The normalized spacial score (nSPS) is 29.5. The first-order valence-corrected chi connectivity index (χ1v) is 5.35. The fourth-order valence-electron chi connectivity index (χ4n) is 2.00. The van der Waals surface area contributed by atoms with Gasteiger partial charge < -0.3 is 4.42 Å². The van der Waals surface area contributed by atoms with Crippen LogP contribution in [0.4, 0.5) is 0 Å². The number of halogens is 1. The monoisotopic (exact) mass is 228 g/mol. The highest BCUT2D eigenvalue weighted by Gasteiger charge is 2.25. The summed E-state index contributed by atoms with van der Waals surface area (Å²) in [6, 6.07) is 0. The standard InChI is InChI=1S/C10H13BrO/c1-7-5-12-6-10(7)8-2-3-9(11)4-8/h5-6,8-9H,2-4H2,1H3. The van der Waals surface area contributed by atoms with Crippen molar-refractivity contribution >= 4 is 15.9 Å². The molecule has 0 radical (unpaired) electrons. The second-order valence-corrected chi connectivity index (χ2v) is 4.91. The van der Waals surface area contributed by atoms with Crippen LogP contribution in [0.25, 0.3) is 0 Å². The van der Waals surface area contributed by atoms with Crippen molar-refractivity contribution in [2.45, 2.75) is 36.9 Å². The Labute approximate surface area is 81.3 Å². The van der Waals surface area contributed by atoms with Crippen molar-refractivity contribution in [3.8, 4) is 0 Å². The van der Waals surface area contributed by atoms with E-state index < -0.39 is 0 Å². The summed E-state index contributed by atoms with van der Waals surface area (Å²) in [5, 5.41) is 0. The number of furan rings is 1. The fourth-order valence-corrected chi connectivity index (χ4v) is 2.71. The molecule has 2 rings (SSSR count). The molecule has 1 heterocycles. The number of rotatable bonds is 1. The minimum absolute atomic E-state index is 0.719. The van der Waals surface area contributed by atoms with Crippen molar-refractivity contribution in [1.29, 1.82) is 0 Å². The summed E-state index contributed by atoms with van der Waals surface area (Å²) in [6.45, 7) is 2.13. The summed E-state index contributed by atoms with van der Waals surface area (Å²) in [4.78, 5) is 0.719. The molecule has 66 valence electrons. The Morgan fingerprint density at radius 1 is 1.42 bits per heavy atom. The molecule has 2 unspecified atom stereocenters. The van der Waals surface area contributed by atoms with E-state index in [0.717, 1.165) is 10.7 Å². The molecule has 0 N–H and O–H groups in total. The first-order valence-electron chi connectivity index (χ1n) is 4.44. The summed E-state index contributed by atoms with van der Waals surface area (Å²) in [6.07, 6.45) is 7.62. The van der Waals surface area contributed by atoms with E-state index in [1.807, 2.05) is 12.5 Å². The van der Waals surface area contributed by atoms with Crippen LogP contribution in [-0.2, 0) is 0 Å². The minimum atomic E-state index is 0.719. The van der Waals surface area contributed by atoms with E-state index in [1.165, 1.54) is 30.4 Å². The maximum absolute atomic E-state index is 5.18. The van der Waals surface area contributed by atoms with E-state index in [9.17, 15) is 0 Å². The van der Waals surface area contributed by atoms with Crippen molar-refractivity contribution in [2.24, 2.45) is 0 Å². The molecule has 1 aliphatic rings. The largest absolute Gasteiger partial charge is 0.472 e. The van der Waals surface area contributed by atoms with Crippen LogP contribution in [0, 0.1) is 6.92 Å². The van der Waals surface area contributed by atoms with Gasteiger partial charge in [0.15, 0.2) is 0 Å². The van der Waals surface area contributed by atoms with Crippen molar-refractivity contribution < 1.29 is 4.42 Å². The predicted molar refractivity (Wildman–Crippen MR) is 52.8 cm³/mol. The Kier molecular flexibility index (Phi) is 2.26. The lowest BCUT2D eigenvalue weighted by Crippen LogP contribution is -1.93. The van der Waals surface area contributed by atoms with Gasteiger partial charge in [-0.05, 0) is 43.2 Å². The molecular weight excluding hydrogens is 216 g/mol. The first-order chi connectivity index (χ1) is 5.77. The Bertz CT molecular complexity index is 267. The smallest absolute Gasteiger partial charge is 0.0940 e. The average molecular weight is 229 g/mol. The molecule has 0 amide bonds. The second kappa shape index (κ2) is 3.25. The lowest BCUT2D eigenvalue weighted by atomic mass is 9.98. The third kappa shape index (κ3) is 1.45. The summed E-state index contributed by atoms with van der Waals surface area (Å²) in [5.41, 5.74) is 2.72. The van der Waals surface area contributed by atoms with Gasteiger partial charge in [0.05, 0.1) is 12.5 Å². The highest BCUT2D eigenvalue weighted by Crippen LogP contribution is 2.39. The molecule has 1 fully saturated rings. The third-order valence-corrected chi connectivity index (χ3v) is 3.54. The fraction of sp³-hybridized carbons (Fsp3) is 0.600. The van der Waals surface area contributed by atoms with E-state index in [2.05, 4.69) is 22.9 Å². The topological polar surface area (TPSA) is 13.1 Å². The molecule has 2 atom stereocenters. The molecule has 0 aliphatic heterocycles. The number of hydrogen-bond donors (Lipinski definition) is 0. The van der Waals surface area contributed by atoms with Crippen molar-refractivity contribution in [1.82, 2.24) is 0 Å². The molecule has 0 bridgehead atoms. The minimum Gasteiger partial charge on any atom is -0.472 e. The van der Waals surface area contributed by atoms with Gasteiger partial charge in [-0.15, -0.1) is 0 Å². The summed E-state index contributed by atoms with van der Waals surface area (Å²) in [7, 11) is 0. The maximum Gasteiger partial charge on any atom is 0.0940 e. The van der Waals surface area contributed by atoms with E-state index >= 15 is 0 Å². The van der Waals surface area contributed by atoms with Crippen LogP contribution >= 0.6 is 15.9 Å². The van der Waals surface area contributed by atoms with Gasteiger partial charge >= 0.3 is 0 Å². The number of alkyl halides is 1. The molecule has 0 spiro atoms. The highest BCUT2D eigenvalue weighted by atomic mass is 79.9. The molecule has 0 saturated heterocycles. The van der Waals surface area contributed by atoms with Gasteiger partial charge in [0.25, 0.3) is 0 Å². The average Bonchev–Trinajstić information content (AvgIpc) is 2.58. The zero-order chi connectivity index (χ0) is 8.55. The van der Waals surface area contributed by atoms with Gasteiger partial charge in [0.1, 0.15) is 0 Å². The van der Waals surface area contributed by atoms with Crippen LogP contribution in [0.15, 0.2) is 16.9 Å². The van der Waals surface area contributed by atoms with E-state index in [0.29, 0.717) is 0 Å². The van der Waals surface area contributed by atoms with Crippen molar-refractivity contribution in [3.63, 3.8) is 0 Å². The lowest BCUT2D eigenvalue weighted by Gasteiger charge is -2.06. The summed E-state index contributed by atoms with van der Waals surface area (Å²) >= 11 is 3.66. The Morgan fingerprint density at radius 3 is 2.75 bits per heavy atom. The van der Waals surface area contributed by atoms with E-state index in [4.69, 9.17) is 4.42 Å². The Hall–Kier alpha value is -0.240. The third-order valence-electron chi connectivity index (χ3n) is 2.70. The Balaban J connectivity index is 2.16. The summed E-state index contributed by atoms with van der Waals surface area (Å²) in [5.74, 6) is 0.730. The van der Waals surface area contributed by atoms with Crippen molar-refractivity contribution in [2.75, 3.05) is 0 Å². The van der Waals surface area contributed by atoms with Gasteiger partial charge in [-0.1, -0.05) is 15.9 Å². The van der Waals surface area contributed by atoms with Gasteiger partial charge in [-0.3, -0.25) is 0 Å². The van der Waals surface area contributed by atoms with E-state index in [-0.39, 0.29) is 0 Å². The van der Waals surface area contributed by atoms with Crippen LogP contribution in [0.2, 0.25) is 0 Å². The van der Waals surface area contributed by atoms with Crippen molar-refractivity contribution in [3.05, 3.63) is 23.7 Å².